The number of ether oxygens (including phenoxy) is 1. The predicted molar refractivity (Wildman–Crippen MR) is 64.8 cm³/mol. The SMILES string of the molecule is CC(C)NCCOCc1ccc(Br)s1. The molecule has 0 aromatic carbocycles. The fraction of sp³-hybridized carbons (Fsp3) is 0.600. The molecule has 1 rings (SSSR count). The van der Waals surface area contributed by atoms with Crippen LogP contribution in [0.1, 0.15) is 18.7 Å². The number of halogens is 1. The van der Waals surface area contributed by atoms with Crippen LogP contribution in [0.25, 0.3) is 0 Å². The predicted octanol–water partition coefficient (Wildman–Crippen LogP) is 3.03. The van der Waals surface area contributed by atoms with Crippen molar-refractivity contribution < 1.29 is 4.74 Å². The van der Waals surface area contributed by atoms with Crippen molar-refractivity contribution in [3.8, 4) is 0 Å². The highest BCUT2D eigenvalue weighted by Crippen LogP contribution is 2.22. The quantitative estimate of drug-likeness (QED) is 0.808. The Morgan fingerprint density at radius 3 is 2.86 bits per heavy atom. The van der Waals surface area contributed by atoms with Crippen LogP contribution < -0.4 is 5.32 Å². The Balaban J connectivity index is 2.04. The summed E-state index contributed by atoms with van der Waals surface area (Å²) < 4.78 is 6.67. The standard InChI is InChI=1S/C10H16BrNOS/c1-8(2)12-5-6-13-7-9-3-4-10(11)14-9/h3-4,8,12H,5-7H2,1-2H3. The molecule has 1 heterocycles. The highest BCUT2D eigenvalue weighted by atomic mass is 79.9. The maximum atomic E-state index is 5.51. The summed E-state index contributed by atoms with van der Waals surface area (Å²) in [6, 6.07) is 4.68. The van der Waals surface area contributed by atoms with Crippen molar-refractivity contribution in [2.24, 2.45) is 0 Å². The topological polar surface area (TPSA) is 21.3 Å². The number of rotatable bonds is 6. The Morgan fingerprint density at radius 2 is 2.29 bits per heavy atom. The maximum Gasteiger partial charge on any atom is 0.0810 e. The zero-order valence-corrected chi connectivity index (χ0v) is 11.0. The molecule has 0 aliphatic heterocycles. The molecule has 0 radical (unpaired) electrons. The van der Waals surface area contributed by atoms with Crippen LogP contribution >= 0.6 is 27.3 Å². The van der Waals surface area contributed by atoms with Crippen molar-refractivity contribution in [2.45, 2.75) is 26.5 Å². The summed E-state index contributed by atoms with van der Waals surface area (Å²) in [6.45, 7) is 6.68. The van der Waals surface area contributed by atoms with Gasteiger partial charge >= 0.3 is 0 Å². The summed E-state index contributed by atoms with van der Waals surface area (Å²) in [5.74, 6) is 0. The first kappa shape index (κ1) is 12.2. The average Bonchev–Trinajstić information content (AvgIpc) is 2.50. The molecule has 0 fully saturated rings. The molecule has 2 nitrogen and oxygen atoms in total. The summed E-state index contributed by atoms with van der Waals surface area (Å²) in [6.07, 6.45) is 0. The smallest absolute Gasteiger partial charge is 0.0810 e. The van der Waals surface area contributed by atoms with Gasteiger partial charge in [0.25, 0.3) is 0 Å². The number of hydrogen-bond acceptors (Lipinski definition) is 3. The molecule has 1 aromatic rings. The summed E-state index contributed by atoms with van der Waals surface area (Å²) in [4.78, 5) is 1.27. The molecular formula is C10H16BrNOS. The van der Waals surface area contributed by atoms with E-state index in [-0.39, 0.29) is 0 Å². The van der Waals surface area contributed by atoms with Gasteiger partial charge in [0, 0.05) is 17.5 Å². The minimum Gasteiger partial charge on any atom is -0.375 e. The van der Waals surface area contributed by atoms with E-state index in [1.165, 1.54) is 4.88 Å². The molecule has 4 heteroatoms. The summed E-state index contributed by atoms with van der Waals surface area (Å²) in [5.41, 5.74) is 0. The van der Waals surface area contributed by atoms with Crippen molar-refractivity contribution in [3.05, 3.63) is 20.8 Å². The Morgan fingerprint density at radius 1 is 1.50 bits per heavy atom. The molecule has 1 N–H and O–H groups in total. The van der Waals surface area contributed by atoms with Gasteiger partial charge in [-0.15, -0.1) is 11.3 Å². The van der Waals surface area contributed by atoms with Crippen LogP contribution in [0.4, 0.5) is 0 Å². The third-order valence-corrected chi connectivity index (χ3v) is 3.27. The van der Waals surface area contributed by atoms with Crippen LogP contribution in [0.5, 0.6) is 0 Å². The van der Waals surface area contributed by atoms with Crippen LogP contribution in [0, 0.1) is 0 Å². The molecule has 0 aliphatic carbocycles. The first-order chi connectivity index (χ1) is 6.68. The van der Waals surface area contributed by atoms with Crippen molar-refractivity contribution >= 4 is 27.3 Å². The Kier molecular flexibility index (Phi) is 5.70. The molecule has 80 valence electrons. The minimum absolute atomic E-state index is 0.537. The molecule has 0 atom stereocenters. The highest BCUT2D eigenvalue weighted by molar-refractivity contribution is 9.11. The van der Waals surface area contributed by atoms with Crippen molar-refractivity contribution in [3.63, 3.8) is 0 Å². The zero-order valence-electron chi connectivity index (χ0n) is 8.55. The molecule has 0 amide bonds. The maximum absolute atomic E-state index is 5.51. The van der Waals surface area contributed by atoms with Gasteiger partial charge in [0.1, 0.15) is 0 Å². The number of nitrogens with one attached hydrogen (secondary N) is 1. The molecule has 0 bridgehead atoms. The van der Waals surface area contributed by atoms with E-state index in [4.69, 9.17) is 4.74 Å². The highest BCUT2D eigenvalue weighted by Gasteiger charge is 1.97. The van der Waals surface area contributed by atoms with Gasteiger partial charge in [-0.3, -0.25) is 0 Å². The normalized spacial score (nSPS) is 11.1. The number of hydrogen-bond donors (Lipinski definition) is 1. The number of thiophene rings is 1. The van der Waals surface area contributed by atoms with Crippen LogP contribution in [0.15, 0.2) is 15.9 Å². The Labute approximate surface area is 97.8 Å². The fourth-order valence-corrected chi connectivity index (χ4v) is 2.44. The van der Waals surface area contributed by atoms with Crippen LogP contribution in [-0.4, -0.2) is 19.2 Å². The van der Waals surface area contributed by atoms with E-state index in [1.807, 2.05) is 0 Å². The van der Waals surface area contributed by atoms with Gasteiger partial charge in [-0.1, -0.05) is 13.8 Å². The molecule has 14 heavy (non-hydrogen) atoms. The van der Waals surface area contributed by atoms with Crippen LogP contribution in [0.3, 0.4) is 0 Å². The monoisotopic (exact) mass is 277 g/mol. The lowest BCUT2D eigenvalue weighted by atomic mass is 10.4. The molecule has 0 aliphatic rings. The first-order valence-corrected chi connectivity index (χ1v) is 6.35. The molecule has 0 unspecified atom stereocenters. The lowest BCUT2D eigenvalue weighted by Gasteiger charge is -2.07. The summed E-state index contributed by atoms with van der Waals surface area (Å²) in [7, 11) is 0. The van der Waals surface area contributed by atoms with Crippen molar-refractivity contribution in [1.29, 1.82) is 0 Å². The van der Waals surface area contributed by atoms with Crippen LogP contribution in [-0.2, 0) is 11.3 Å². The second kappa shape index (κ2) is 6.56. The van der Waals surface area contributed by atoms with E-state index < -0.39 is 0 Å². The van der Waals surface area contributed by atoms with Gasteiger partial charge in [-0.25, -0.2) is 0 Å². The van der Waals surface area contributed by atoms with E-state index in [9.17, 15) is 0 Å². The van der Waals surface area contributed by atoms with Crippen molar-refractivity contribution in [1.82, 2.24) is 5.32 Å². The third kappa shape index (κ3) is 5.10. The van der Waals surface area contributed by atoms with E-state index >= 15 is 0 Å². The molecule has 0 saturated heterocycles. The van der Waals surface area contributed by atoms with E-state index in [0.29, 0.717) is 6.04 Å². The molecular weight excluding hydrogens is 262 g/mol. The average molecular weight is 278 g/mol. The Hall–Kier alpha value is 0.1000. The Bertz CT molecular complexity index is 262. The largest absolute Gasteiger partial charge is 0.375 e. The van der Waals surface area contributed by atoms with Gasteiger partial charge in [0.05, 0.1) is 17.0 Å². The van der Waals surface area contributed by atoms with Gasteiger partial charge in [-0.2, -0.15) is 0 Å². The summed E-state index contributed by atoms with van der Waals surface area (Å²) >= 11 is 5.15. The van der Waals surface area contributed by atoms with Gasteiger partial charge in [0.2, 0.25) is 0 Å². The lowest BCUT2D eigenvalue weighted by Crippen LogP contribution is -2.26. The second-order valence-electron chi connectivity index (χ2n) is 3.37. The van der Waals surface area contributed by atoms with Gasteiger partial charge in [0.15, 0.2) is 0 Å². The first-order valence-electron chi connectivity index (χ1n) is 4.74. The van der Waals surface area contributed by atoms with Gasteiger partial charge in [-0.05, 0) is 28.1 Å². The van der Waals surface area contributed by atoms with E-state index in [2.05, 4.69) is 47.2 Å². The molecule has 1 aromatic heterocycles. The van der Waals surface area contributed by atoms with E-state index in [1.54, 1.807) is 11.3 Å². The minimum atomic E-state index is 0.537. The fourth-order valence-electron chi connectivity index (χ4n) is 1.02. The summed E-state index contributed by atoms with van der Waals surface area (Å²) in [5, 5.41) is 3.31. The lowest BCUT2D eigenvalue weighted by molar-refractivity contribution is 0.123. The molecule has 0 saturated carbocycles. The zero-order chi connectivity index (χ0) is 10.4. The van der Waals surface area contributed by atoms with Crippen molar-refractivity contribution in [2.75, 3.05) is 13.2 Å². The second-order valence-corrected chi connectivity index (χ2v) is 5.91. The van der Waals surface area contributed by atoms with E-state index in [0.717, 1.165) is 23.5 Å². The van der Waals surface area contributed by atoms with Crippen LogP contribution in [0.2, 0.25) is 0 Å². The molecule has 0 spiro atoms. The van der Waals surface area contributed by atoms with Gasteiger partial charge < -0.3 is 10.1 Å². The third-order valence-electron chi connectivity index (χ3n) is 1.67.